The van der Waals surface area contributed by atoms with Crippen LogP contribution in [0.1, 0.15) is 11.1 Å². The molecular formula is C21H19N7O3S. The van der Waals surface area contributed by atoms with Crippen molar-refractivity contribution in [1.29, 1.82) is 5.26 Å². The van der Waals surface area contributed by atoms with E-state index in [2.05, 4.69) is 30.5 Å². The van der Waals surface area contributed by atoms with Crippen molar-refractivity contribution in [3.05, 3.63) is 72.1 Å². The molecule has 2 aromatic carbocycles. The van der Waals surface area contributed by atoms with Crippen LogP contribution in [-0.4, -0.2) is 30.0 Å². The van der Waals surface area contributed by atoms with Gasteiger partial charge >= 0.3 is 0 Å². The van der Waals surface area contributed by atoms with Crippen LogP contribution in [0.2, 0.25) is 0 Å². The van der Waals surface area contributed by atoms with Crippen molar-refractivity contribution in [1.82, 2.24) is 9.97 Å². The van der Waals surface area contributed by atoms with E-state index in [1.807, 2.05) is 19.9 Å². The van der Waals surface area contributed by atoms with Gasteiger partial charge in [0.1, 0.15) is 6.07 Å². The third-order valence-electron chi connectivity index (χ3n) is 4.34. The van der Waals surface area contributed by atoms with Crippen molar-refractivity contribution in [2.45, 2.75) is 18.7 Å². The standard InChI is InChI=1S/C21H19N7O3S/c1-14-4-5-17(12-15(14)2)25-20(29)19(13-22)27-26-16-6-8-18(9-7-16)32(30,31)28-21-23-10-3-11-24-21/h3-12,26H,1-2H3,(H,25,29)(H,23,24,28). The number of hydrazone groups is 1. The molecule has 0 aliphatic rings. The number of hydrogen-bond acceptors (Lipinski definition) is 8. The Morgan fingerprint density at radius 3 is 2.28 bits per heavy atom. The number of nitrogens with zero attached hydrogens (tertiary/aromatic N) is 4. The van der Waals surface area contributed by atoms with E-state index in [0.717, 1.165) is 11.1 Å². The zero-order valence-electron chi connectivity index (χ0n) is 17.2. The Kier molecular flexibility index (Phi) is 6.77. The molecule has 0 unspecified atom stereocenters. The van der Waals surface area contributed by atoms with Crippen molar-refractivity contribution in [2.24, 2.45) is 5.10 Å². The molecule has 0 saturated heterocycles. The Morgan fingerprint density at radius 2 is 1.66 bits per heavy atom. The van der Waals surface area contributed by atoms with Crippen LogP contribution >= 0.6 is 0 Å². The van der Waals surface area contributed by atoms with E-state index in [-0.39, 0.29) is 16.6 Å². The lowest BCUT2D eigenvalue weighted by molar-refractivity contribution is -0.110. The monoisotopic (exact) mass is 449 g/mol. The highest BCUT2D eigenvalue weighted by Gasteiger charge is 2.16. The average molecular weight is 449 g/mol. The summed E-state index contributed by atoms with van der Waals surface area (Å²) in [5, 5.41) is 15.7. The number of benzene rings is 2. The maximum Gasteiger partial charge on any atom is 0.287 e. The molecule has 0 bridgehead atoms. The summed E-state index contributed by atoms with van der Waals surface area (Å²) in [4.78, 5) is 19.9. The molecule has 1 aromatic heterocycles. The molecule has 3 aromatic rings. The molecule has 0 fully saturated rings. The van der Waals surface area contributed by atoms with Crippen LogP contribution in [0.25, 0.3) is 0 Å². The molecule has 0 saturated carbocycles. The fourth-order valence-electron chi connectivity index (χ4n) is 2.50. The first-order valence-electron chi connectivity index (χ1n) is 9.31. The summed E-state index contributed by atoms with van der Waals surface area (Å²) in [6.07, 6.45) is 2.83. The normalized spacial score (nSPS) is 11.3. The van der Waals surface area contributed by atoms with Gasteiger partial charge in [-0.25, -0.2) is 23.1 Å². The average Bonchev–Trinajstić information content (AvgIpc) is 2.77. The fraction of sp³-hybridized carbons (Fsp3) is 0.0952. The first kappa shape index (κ1) is 22.4. The first-order chi connectivity index (χ1) is 15.3. The molecule has 0 aliphatic heterocycles. The van der Waals surface area contributed by atoms with Gasteiger partial charge in [0.25, 0.3) is 15.9 Å². The number of anilines is 3. The molecule has 3 rings (SSSR count). The number of hydrogen-bond donors (Lipinski definition) is 3. The molecule has 0 spiro atoms. The molecule has 11 heteroatoms. The molecule has 32 heavy (non-hydrogen) atoms. The van der Waals surface area contributed by atoms with Crippen molar-refractivity contribution in [3.8, 4) is 6.07 Å². The molecule has 10 nitrogen and oxygen atoms in total. The number of rotatable bonds is 7. The third-order valence-corrected chi connectivity index (χ3v) is 5.68. The predicted octanol–water partition coefficient (Wildman–Crippen LogP) is 2.82. The van der Waals surface area contributed by atoms with Gasteiger partial charge in [0.05, 0.1) is 10.6 Å². The molecule has 0 aliphatic carbocycles. The maximum absolute atomic E-state index is 12.4. The van der Waals surface area contributed by atoms with Crippen molar-refractivity contribution in [3.63, 3.8) is 0 Å². The summed E-state index contributed by atoms with van der Waals surface area (Å²) >= 11 is 0. The molecule has 0 atom stereocenters. The van der Waals surface area contributed by atoms with Gasteiger partial charge in [-0.1, -0.05) is 6.07 Å². The Balaban J connectivity index is 1.67. The number of aromatic nitrogens is 2. The number of carbonyl (C=O) groups excluding carboxylic acids is 1. The maximum atomic E-state index is 12.4. The summed E-state index contributed by atoms with van der Waals surface area (Å²) in [5.74, 6) is -0.720. The van der Waals surface area contributed by atoms with Crippen LogP contribution in [0.3, 0.4) is 0 Å². The first-order valence-corrected chi connectivity index (χ1v) is 10.8. The number of aryl methyl sites for hydroxylation is 2. The molecule has 0 radical (unpaired) electrons. The second-order valence-corrected chi connectivity index (χ2v) is 8.32. The fourth-order valence-corrected chi connectivity index (χ4v) is 3.45. The van der Waals surface area contributed by atoms with Crippen molar-refractivity contribution >= 4 is 39.0 Å². The van der Waals surface area contributed by atoms with E-state index in [1.165, 1.54) is 36.7 Å². The number of nitriles is 1. The van der Waals surface area contributed by atoms with Crippen molar-refractivity contribution in [2.75, 3.05) is 15.5 Å². The number of carbonyl (C=O) groups is 1. The lowest BCUT2D eigenvalue weighted by Crippen LogP contribution is -2.22. The minimum absolute atomic E-state index is 0.0209. The minimum Gasteiger partial charge on any atom is -0.320 e. The van der Waals surface area contributed by atoms with Crippen LogP contribution in [0.5, 0.6) is 0 Å². The molecule has 3 N–H and O–H groups in total. The Bertz CT molecular complexity index is 1300. The highest BCUT2D eigenvalue weighted by molar-refractivity contribution is 7.92. The lowest BCUT2D eigenvalue weighted by atomic mass is 10.1. The third kappa shape index (κ3) is 5.65. The summed E-state index contributed by atoms with van der Waals surface area (Å²) < 4.78 is 27.1. The largest absolute Gasteiger partial charge is 0.320 e. The van der Waals surface area contributed by atoms with Gasteiger partial charge in [-0.3, -0.25) is 10.2 Å². The second-order valence-electron chi connectivity index (χ2n) is 6.64. The van der Waals surface area contributed by atoms with E-state index >= 15 is 0 Å². The summed E-state index contributed by atoms with van der Waals surface area (Å²) in [6.45, 7) is 3.87. The van der Waals surface area contributed by atoms with Crippen LogP contribution < -0.4 is 15.5 Å². The number of amides is 1. The van der Waals surface area contributed by atoms with Crippen LogP contribution in [0, 0.1) is 25.2 Å². The van der Waals surface area contributed by atoms with Crippen molar-refractivity contribution < 1.29 is 13.2 Å². The van der Waals surface area contributed by atoms with E-state index in [4.69, 9.17) is 0 Å². The smallest absolute Gasteiger partial charge is 0.287 e. The molecule has 162 valence electrons. The lowest BCUT2D eigenvalue weighted by Gasteiger charge is -2.08. The summed E-state index contributed by atoms with van der Waals surface area (Å²) in [5.41, 5.74) is 5.20. The van der Waals surface area contributed by atoms with Crippen LogP contribution in [0.15, 0.2) is 70.9 Å². The highest BCUT2D eigenvalue weighted by Crippen LogP contribution is 2.17. The van der Waals surface area contributed by atoms with Crippen LogP contribution in [-0.2, 0) is 14.8 Å². The SMILES string of the molecule is Cc1ccc(NC(=O)C(C#N)=NNc2ccc(S(=O)(=O)Nc3ncccn3)cc2)cc1C. The summed E-state index contributed by atoms with van der Waals surface area (Å²) in [7, 11) is -3.88. The zero-order chi connectivity index (χ0) is 23.1. The van der Waals surface area contributed by atoms with Gasteiger partial charge in [-0.05, 0) is 67.4 Å². The van der Waals surface area contributed by atoms with Gasteiger partial charge in [-0.2, -0.15) is 10.4 Å². The quantitative estimate of drug-likeness (QED) is 0.371. The Hall–Kier alpha value is -4.30. The van der Waals surface area contributed by atoms with Gasteiger partial charge in [0.15, 0.2) is 0 Å². The van der Waals surface area contributed by atoms with E-state index < -0.39 is 15.9 Å². The number of sulfonamides is 1. The van der Waals surface area contributed by atoms with E-state index in [0.29, 0.717) is 11.4 Å². The molecule has 1 heterocycles. The second kappa shape index (κ2) is 9.67. The van der Waals surface area contributed by atoms with Gasteiger partial charge < -0.3 is 5.32 Å². The van der Waals surface area contributed by atoms with Gasteiger partial charge in [0, 0.05) is 18.1 Å². The predicted molar refractivity (Wildman–Crippen MR) is 120 cm³/mol. The highest BCUT2D eigenvalue weighted by atomic mass is 32.2. The number of nitrogens with one attached hydrogen (secondary N) is 3. The molecular weight excluding hydrogens is 430 g/mol. The Morgan fingerprint density at radius 1 is 1.00 bits per heavy atom. The van der Waals surface area contributed by atoms with Gasteiger partial charge in [-0.15, -0.1) is 0 Å². The zero-order valence-corrected chi connectivity index (χ0v) is 18.0. The summed E-state index contributed by atoms with van der Waals surface area (Å²) in [6, 6.07) is 14.3. The molecule has 1 amide bonds. The van der Waals surface area contributed by atoms with E-state index in [9.17, 15) is 18.5 Å². The van der Waals surface area contributed by atoms with Crippen LogP contribution in [0.4, 0.5) is 17.3 Å². The van der Waals surface area contributed by atoms with E-state index in [1.54, 1.807) is 24.3 Å². The Labute approximate surface area is 185 Å². The minimum atomic E-state index is -3.88. The van der Waals surface area contributed by atoms with Gasteiger partial charge in [0.2, 0.25) is 11.7 Å². The topological polar surface area (TPSA) is 149 Å².